The van der Waals surface area contributed by atoms with Gasteiger partial charge in [0.1, 0.15) is 0 Å². The summed E-state index contributed by atoms with van der Waals surface area (Å²) in [7, 11) is 0. The molecule has 598 valence electrons. The summed E-state index contributed by atoms with van der Waals surface area (Å²) in [6.07, 6.45) is 3.69. The summed E-state index contributed by atoms with van der Waals surface area (Å²) in [5.41, 5.74) is 28.0. The van der Waals surface area contributed by atoms with Gasteiger partial charge in [0.25, 0.3) is 0 Å². The molecule has 6 aromatic heterocycles. The van der Waals surface area contributed by atoms with Crippen LogP contribution in [0.2, 0.25) is 0 Å². The fraction of sp³-hybridized carbons (Fsp3) is 0. The average Bonchev–Trinajstić information content (AvgIpc) is 0.759. The molecule has 0 aliphatic rings. The van der Waals surface area contributed by atoms with Gasteiger partial charge in [-0.2, -0.15) is 0 Å². The van der Waals surface area contributed by atoms with Crippen LogP contribution in [0.1, 0.15) is 0 Å². The summed E-state index contributed by atoms with van der Waals surface area (Å²) in [4.78, 5) is 62.3. The number of rotatable bonds is 19. The topological polar surface area (TPSA) is 155 Å². The molecule has 22 aromatic rings. The molecule has 6 heterocycles. The highest BCUT2D eigenvalue weighted by molar-refractivity contribution is 6.01. The molecule has 0 fully saturated rings. The average molecular weight is 1640 g/mol. The van der Waals surface area contributed by atoms with Crippen molar-refractivity contribution < 1.29 is 0 Å². The van der Waals surface area contributed by atoms with E-state index in [1.165, 1.54) is 0 Å². The van der Waals surface area contributed by atoms with Crippen LogP contribution in [0.15, 0.2) is 449 Å². The summed E-state index contributed by atoms with van der Waals surface area (Å²) < 4.78 is 0. The van der Waals surface area contributed by atoms with Crippen LogP contribution >= 0.6 is 0 Å². The number of hydrogen-bond acceptors (Lipinski definition) is 12. The van der Waals surface area contributed by atoms with Crippen LogP contribution in [-0.2, 0) is 0 Å². The second-order valence-electron chi connectivity index (χ2n) is 31.4. The fourth-order valence-electron chi connectivity index (χ4n) is 16.9. The van der Waals surface area contributed by atoms with Crippen LogP contribution in [0.4, 0.5) is 0 Å². The van der Waals surface area contributed by atoms with E-state index in [-0.39, 0.29) is 0 Å². The fourth-order valence-corrected chi connectivity index (χ4v) is 16.9. The Balaban J connectivity index is 0.595. The zero-order chi connectivity index (χ0) is 85.1. The van der Waals surface area contributed by atoms with Crippen molar-refractivity contribution in [2.24, 2.45) is 0 Å². The zero-order valence-corrected chi connectivity index (χ0v) is 69.1. The second-order valence-corrected chi connectivity index (χ2v) is 31.4. The Morgan fingerprint density at radius 1 is 0.125 bits per heavy atom. The molecule has 0 spiro atoms. The maximum atomic E-state index is 5.51. The van der Waals surface area contributed by atoms with Gasteiger partial charge in [-0.1, -0.05) is 376 Å². The first kappa shape index (κ1) is 76.6. The highest BCUT2D eigenvalue weighted by Crippen LogP contribution is 2.46. The first-order chi connectivity index (χ1) is 63.4. The molecule has 0 amide bonds. The van der Waals surface area contributed by atoms with Gasteiger partial charge in [-0.15, -0.1) is 0 Å². The molecule has 0 N–H and O–H groups in total. The quantitative estimate of drug-likeness (QED) is 0.0757. The summed E-state index contributed by atoms with van der Waals surface area (Å²) in [6.45, 7) is 0. The number of benzene rings is 16. The lowest BCUT2D eigenvalue weighted by Crippen LogP contribution is -2.01. The number of fused-ring (bicyclic) bond motifs is 2. The third kappa shape index (κ3) is 15.6. The molecule has 0 aliphatic carbocycles. The van der Waals surface area contributed by atoms with Gasteiger partial charge in [0.15, 0.2) is 46.6 Å². The molecule has 12 heteroatoms. The molecule has 128 heavy (non-hydrogen) atoms. The van der Waals surface area contributed by atoms with Crippen molar-refractivity contribution in [1.29, 1.82) is 0 Å². The smallest absolute Gasteiger partial charge is 0.164 e. The lowest BCUT2D eigenvalue weighted by molar-refractivity contribution is 1.07. The molecule has 16 aromatic carbocycles. The van der Waals surface area contributed by atoms with Crippen molar-refractivity contribution >= 4 is 21.5 Å². The van der Waals surface area contributed by atoms with Crippen molar-refractivity contribution in [3.05, 3.63) is 449 Å². The second kappa shape index (κ2) is 34.1. The van der Waals surface area contributed by atoms with E-state index in [1.807, 2.05) is 152 Å². The zero-order valence-electron chi connectivity index (χ0n) is 69.1. The summed E-state index contributed by atoms with van der Waals surface area (Å²) in [5.74, 6) is 4.67. The lowest BCUT2D eigenvalue weighted by atomic mass is 9.87. The highest BCUT2D eigenvalue weighted by atomic mass is 15.0. The molecule has 0 bridgehead atoms. The first-order valence-electron chi connectivity index (χ1n) is 42.6. The van der Waals surface area contributed by atoms with Crippen LogP contribution < -0.4 is 0 Å². The van der Waals surface area contributed by atoms with Gasteiger partial charge in [0.2, 0.25) is 0 Å². The third-order valence-electron chi connectivity index (χ3n) is 23.4. The van der Waals surface area contributed by atoms with Crippen LogP contribution in [0.3, 0.4) is 0 Å². The minimum absolute atomic E-state index is 0.527. The molecule has 12 nitrogen and oxygen atoms in total. The van der Waals surface area contributed by atoms with Gasteiger partial charge < -0.3 is 0 Å². The van der Waals surface area contributed by atoms with E-state index in [0.717, 1.165) is 189 Å². The van der Waals surface area contributed by atoms with E-state index >= 15 is 0 Å². The van der Waals surface area contributed by atoms with Crippen LogP contribution in [-0.4, -0.2) is 59.8 Å². The number of pyridine rings is 2. The molecular weight excluding hydrogens is 1560 g/mol. The van der Waals surface area contributed by atoms with Gasteiger partial charge >= 0.3 is 0 Å². The monoisotopic (exact) mass is 1630 g/mol. The normalized spacial score (nSPS) is 11.3. The van der Waals surface area contributed by atoms with Crippen molar-refractivity contribution in [2.45, 2.75) is 0 Å². The Bertz CT molecular complexity index is 7810. The van der Waals surface area contributed by atoms with Gasteiger partial charge in [-0.05, 0) is 138 Å². The Labute approximate surface area is 740 Å². The SMILES string of the molecule is c1ccc(-c2cc(-c3ccc4cccc(-c5cccc(-c6nc(-c7ccccc7)nc(-c7ccccc7-c7cccc(-c8ccccn8)c7-c7ccc(-c8cc(-c9ccccc9)nc(-c9ccc%10ccccc%10c9)n8)cc7)n6)c5)c4c3)nc(-c3ccc(-c4ccc(-c5ccccn5)c(-c5ccc(-c6nc(-c7ccccc7)nc(-c7ccccc7)n6)cc5)c4)cc3)n2)cc1. The van der Waals surface area contributed by atoms with Gasteiger partial charge in [0, 0.05) is 90.3 Å². The van der Waals surface area contributed by atoms with Crippen molar-refractivity contribution in [2.75, 3.05) is 0 Å². The highest BCUT2D eigenvalue weighted by Gasteiger charge is 2.24. The Hall–Kier alpha value is -17.5. The van der Waals surface area contributed by atoms with Gasteiger partial charge in [-0.25, -0.2) is 49.8 Å². The summed E-state index contributed by atoms with van der Waals surface area (Å²) in [5, 5.41) is 4.42. The maximum Gasteiger partial charge on any atom is 0.164 e. The predicted molar refractivity (Wildman–Crippen MR) is 518 cm³/mol. The molecule has 0 saturated carbocycles. The summed E-state index contributed by atoms with van der Waals surface area (Å²) in [6, 6.07) is 151. The largest absolute Gasteiger partial charge is 0.256 e. The molecule has 0 saturated heterocycles. The van der Waals surface area contributed by atoms with E-state index in [9.17, 15) is 0 Å². The molecule has 0 aliphatic heterocycles. The molecule has 0 atom stereocenters. The van der Waals surface area contributed by atoms with Crippen LogP contribution in [0.5, 0.6) is 0 Å². The van der Waals surface area contributed by atoms with Gasteiger partial charge in [-0.3, -0.25) is 9.97 Å². The minimum Gasteiger partial charge on any atom is -0.256 e. The van der Waals surface area contributed by atoms with Crippen LogP contribution in [0.25, 0.3) is 236 Å². The van der Waals surface area contributed by atoms with Gasteiger partial charge in [0.05, 0.1) is 34.2 Å². The molecular formula is C116H74N12. The van der Waals surface area contributed by atoms with Crippen LogP contribution in [0, 0.1) is 0 Å². The Morgan fingerprint density at radius 3 is 1.05 bits per heavy atom. The van der Waals surface area contributed by atoms with E-state index in [2.05, 4.69) is 297 Å². The van der Waals surface area contributed by atoms with Crippen molar-refractivity contribution in [3.8, 4) is 214 Å². The molecule has 0 radical (unpaired) electrons. The van der Waals surface area contributed by atoms with Crippen molar-refractivity contribution in [3.63, 3.8) is 0 Å². The molecule has 0 unspecified atom stereocenters. The summed E-state index contributed by atoms with van der Waals surface area (Å²) >= 11 is 0. The van der Waals surface area contributed by atoms with Crippen molar-refractivity contribution in [1.82, 2.24) is 59.8 Å². The van der Waals surface area contributed by atoms with E-state index < -0.39 is 0 Å². The number of nitrogens with zero attached hydrogens (tertiary/aromatic N) is 12. The first-order valence-corrected chi connectivity index (χ1v) is 42.6. The van der Waals surface area contributed by atoms with E-state index in [1.54, 1.807) is 0 Å². The lowest BCUT2D eigenvalue weighted by Gasteiger charge is -2.18. The van der Waals surface area contributed by atoms with E-state index in [0.29, 0.717) is 46.6 Å². The predicted octanol–water partition coefficient (Wildman–Crippen LogP) is 28.4. The Morgan fingerprint density at radius 2 is 0.477 bits per heavy atom. The van der Waals surface area contributed by atoms with E-state index in [4.69, 9.17) is 59.8 Å². The number of hydrogen-bond donors (Lipinski definition) is 0. The Kier molecular flexibility index (Phi) is 20.4. The number of aromatic nitrogens is 12. The third-order valence-corrected chi connectivity index (χ3v) is 23.4. The molecule has 22 rings (SSSR count). The standard InChI is InChI=1S/C116H74N12/c1-6-28-79(29-7-1)104-73-106(121-114(120-104)93-64-51-75-27-16-17-38-88(75)69-93)81-55-57-82(58-56-81)108-97(45-26-46-99(108)103-48-21-23-68-118-103)95-42-18-19-43-98(95)116-127-112(85-36-14-5-15-37-85)126-115(128-116)92-41-24-40-90(70-92)94-44-25-39-77-54-63-91(72-100(77)94)107-74-105(80-30-8-2-9-31-80)119-109(122-107)86-59-49-76(50-60-86)89-65-66-96(102-47-20-22-67-117-102)101(71-89)78-52-61-87(62-53-78)113-124-110(83-32-10-3-11-33-83)123-111(125-113)84-34-12-4-13-35-84/h1-74H. The minimum atomic E-state index is 0.527. The maximum absolute atomic E-state index is 5.51.